The van der Waals surface area contributed by atoms with E-state index in [4.69, 9.17) is 4.98 Å². The molecule has 2 aromatic carbocycles. The van der Waals surface area contributed by atoms with E-state index in [-0.39, 0.29) is 5.92 Å². The second-order valence-electron chi connectivity index (χ2n) is 9.57. The summed E-state index contributed by atoms with van der Waals surface area (Å²) in [4.78, 5) is 20.3. The number of carbonyl (C=O) groups excluding carboxylic acids is 1. The van der Waals surface area contributed by atoms with Gasteiger partial charge in [-0.2, -0.15) is 0 Å². The Morgan fingerprint density at radius 3 is 2.48 bits per heavy atom. The standard InChI is InChI=1S/C27H33N3O/c1-20-8-7-11-22(18-20)27(31)29-16-14-23(15-17-29)30-25-13-6-5-12-24(25)28-26(30)19-21-9-3-2-4-10-21/h2-6,9-10,12-13,20,22-23H,7-8,11,14-19H2,1H3. The molecule has 2 aliphatic rings. The first-order valence-corrected chi connectivity index (χ1v) is 12.0. The Kier molecular flexibility index (Phi) is 5.80. The van der Waals surface area contributed by atoms with Crippen molar-refractivity contribution in [3.05, 3.63) is 66.0 Å². The number of para-hydroxylation sites is 2. The van der Waals surface area contributed by atoms with Crippen molar-refractivity contribution in [3.63, 3.8) is 0 Å². The quantitative estimate of drug-likeness (QED) is 0.555. The first-order valence-electron chi connectivity index (χ1n) is 12.0. The molecule has 31 heavy (non-hydrogen) atoms. The van der Waals surface area contributed by atoms with Crippen molar-refractivity contribution in [2.24, 2.45) is 11.8 Å². The SMILES string of the molecule is CC1CCCC(C(=O)N2CCC(n3c(Cc4ccccc4)nc4ccccc43)CC2)C1. The minimum absolute atomic E-state index is 0.253. The number of nitrogens with zero attached hydrogens (tertiary/aromatic N) is 3. The van der Waals surface area contributed by atoms with Gasteiger partial charge in [0.1, 0.15) is 5.82 Å². The van der Waals surface area contributed by atoms with Crippen LogP contribution in [0, 0.1) is 11.8 Å². The summed E-state index contributed by atoms with van der Waals surface area (Å²) in [6, 6.07) is 19.5. The van der Waals surface area contributed by atoms with Crippen LogP contribution in [0.3, 0.4) is 0 Å². The third-order valence-corrected chi connectivity index (χ3v) is 7.30. The van der Waals surface area contributed by atoms with Crippen molar-refractivity contribution in [2.75, 3.05) is 13.1 Å². The van der Waals surface area contributed by atoms with Crippen LogP contribution < -0.4 is 0 Å². The van der Waals surface area contributed by atoms with Gasteiger partial charge in [0.25, 0.3) is 0 Å². The van der Waals surface area contributed by atoms with E-state index in [1.807, 2.05) is 0 Å². The first kappa shape index (κ1) is 20.3. The molecule has 0 spiro atoms. The van der Waals surface area contributed by atoms with E-state index in [0.29, 0.717) is 17.9 Å². The summed E-state index contributed by atoms with van der Waals surface area (Å²) in [6.07, 6.45) is 7.51. The molecule has 1 amide bonds. The second kappa shape index (κ2) is 8.86. The van der Waals surface area contributed by atoms with E-state index in [1.54, 1.807) is 0 Å². The fourth-order valence-corrected chi connectivity index (χ4v) is 5.67. The molecular weight excluding hydrogens is 382 g/mol. The molecule has 2 heterocycles. The topological polar surface area (TPSA) is 38.1 Å². The normalized spacial score (nSPS) is 22.7. The zero-order valence-corrected chi connectivity index (χ0v) is 18.5. The third-order valence-electron chi connectivity index (χ3n) is 7.30. The molecule has 2 unspecified atom stereocenters. The Morgan fingerprint density at radius 2 is 1.71 bits per heavy atom. The summed E-state index contributed by atoms with van der Waals surface area (Å²) in [5, 5.41) is 0. The Morgan fingerprint density at radius 1 is 0.968 bits per heavy atom. The minimum Gasteiger partial charge on any atom is -0.342 e. The minimum atomic E-state index is 0.253. The number of hydrogen-bond donors (Lipinski definition) is 0. The van der Waals surface area contributed by atoms with Crippen LogP contribution in [0.4, 0.5) is 0 Å². The summed E-state index contributed by atoms with van der Waals surface area (Å²) >= 11 is 0. The molecule has 1 aliphatic heterocycles. The molecule has 1 saturated carbocycles. The highest BCUT2D eigenvalue weighted by atomic mass is 16.2. The molecule has 0 N–H and O–H groups in total. The van der Waals surface area contributed by atoms with Crippen LogP contribution in [0.2, 0.25) is 0 Å². The van der Waals surface area contributed by atoms with E-state index >= 15 is 0 Å². The molecule has 162 valence electrons. The van der Waals surface area contributed by atoms with Crippen molar-refractivity contribution in [2.45, 2.75) is 57.9 Å². The number of aromatic nitrogens is 2. The highest BCUT2D eigenvalue weighted by molar-refractivity contribution is 5.79. The van der Waals surface area contributed by atoms with Crippen molar-refractivity contribution < 1.29 is 4.79 Å². The van der Waals surface area contributed by atoms with Gasteiger partial charge >= 0.3 is 0 Å². The number of imidazole rings is 1. The molecule has 1 saturated heterocycles. The van der Waals surface area contributed by atoms with Crippen molar-refractivity contribution in [1.29, 1.82) is 0 Å². The Balaban J connectivity index is 1.34. The maximum absolute atomic E-state index is 13.1. The lowest BCUT2D eigenvalue weighted by Gasteiger charge is -2.37. The van der Waals surface area contributed by atoms with Crippen LogP contribution in [-0.2, 0) is 11.2 Å². The number of fused-ring (bicyclic) bond motifs is 1. The molecule has 4 heteroatoms. The highest BCUT2D eigenvalue weighted by Crippen LogP contribution is 2.33. The maximum atomic E-state index is 13.1. The fraction of sp³-hybridized carbons (Fsp3) is 0.481. The Bertz CT molecular complexity index is 1030. The molecule has 1 aromatic heterocycles. The molecular formula is C27H33N3O. The zero-order chi connectivity index (χ0) is 21.2. The van der Waals surface area contributed by atoms with Gasteiger partial charge in [-0.1, -0.05) is 62.2 Å². The van der Waals surface area contributed by atoms with Gasteiger partial charge in [-0.3, -0.25) is 4.79 Å². The van der Waals surface area contributed by atoms with Crippen molar-refractivity contribution in [3.8, 4) is 0 Å². The Hall–Kier alpha value is -2.62. The molecule has 3 aromatic rings. The van der Waals surface area contributed by atoms with Crippen LogP contribution in [-0.4, -0.2) is 33.4 Å². The van der Waals surface area contributed by atoms with Gasteiger partial charge in [0.05, 0.1) is 11.0 Å². The largest absolute Gasteiger partial charge is 0.342 e. The predicted molar refractivity (Wildman–Crippen MR) is 125 cm³/mol. The highest BCUT2D eigenvalue weighted by Gasteiger charge is 2.32. The lowest BCUT2D eigenvalue weighted by atomic mass is 9.81. The summed E-state index contributed by atoms with van der Waals surface area (Å²) in [5.41, 5.74) is 3.58. The fourth-order valence-electron chi connectivity index (χ4n) is 5.67. The van der Waals surface area contributed by atoms with Crippen molar-refractivity contribution >= 4 is 16.9 Å². The molecule has 5 rings (SSSR count). The average molecular weight is 416 g/mol. The summed E-state index contributed by atoms with van der Waals surface area (Å²) in [7, 11) is 0. The van der Waals surface area contributed by atoms with Gasteiger partial charge in [0.2, 0.25) is 5.91 Å². The lowest BCUT2D eigenvalue weighted by molar-refractivity contribution is -0.138. The zero-order valence-electron chi connectivity index (χ0n) is 18.5. The molecule has 2 fully saturated rings. The van der Waals surface area contributed by atoms with Gasteiger partial charge in [-0.15, -0.1) is 0 Å². The molecule has 0 radical (unpaired) electrons. The number of piperidine rings is 1. The average Bonchev–Trinajstić information content (AvgIpc) is 3.17. The smallest absolute Gasteiger partial charge is 0.225 e. The first-order chi connectivity index (χ1) is 15.2. The number of amides is 1. The maximum Gasteiger partial charge on any atom is 0.225 e. The van der Waals surface area contributed by atoms with Gasteiger partial charge in [0, 0.05) is 31.5 Å². The monoisotopic (exact) mass is 415 g/mol. The van der Waals surface area contributed by atoms with Crippen LogP contribution in [0.15, 0.2) is 54.6 Å². The lowest BCUT2D eigenvalue weighted by Crippen LogP contribution is -2.43. The van der Waals surface area contributed by atoms with E-state index in [0.717, 1.165) is 56.5 Å². The summed E-state index contributed by atoms with van der Waals surface area (Å²) in [6.45, 7) is 4.03. The molecule has 0 bridgehead atoms. The number of carbonyl (C=O) groups is 1. The van der Waals surface area contributed by atoms with Gasteiger partial charge < -0.3 is 9.47 Å². The third kappa shape index (κ3) is 4.26. The van der Waals surface area contributed by atoms with Gasteiger partial charge in [-0.25, -0.2) is 4.98 Å². The molecule has 1 aliphatic carbocycles. The van der Waals surface area contributed by atoms with Crippen LogP contribution in [0.25, 0.3) is 11.0 Å². The Labute approximate surface area is 185 Å². The van der Waals surface area contributed by atoms with Crippen LogP contribution >= 0.6 is 0 Å². The van der Waals surface area contributed by atoms with E-state index in [1.165, 1.54) is 23.9 Å². The summed E-state index contributed by atoms with van der Waals surface area (Å²) in [5.74, 6) is 2.49. The molecule has 4 nitrogen and oxygen atoms in total. The van der Waals surface area contributed by atoms with E-state index in [9.17, 15) is 4.79 Å². The van der Waals surface area contributed by atoms with Gasteiger partial charge in [0.15, 0.2) is 0 Å². The summed E-state index contributed by atoms with van der Waals surface area (Å²) < 4.78 is 2.47. The van der Waals surface area contributed by atoms with Crippen molar-refractivity contribution in [1.82, 2.24) is 14.5 Å². The molecule has 2 atom stereocenters. The number of benzene rings is 2. The van der Waals surface area contributed by atoms with E-state index < -0.39 is 0 Å². The predicted octanol–water partition coefficient (Wildman–Crippen LogP) is 5.62. The van der Waals surface area contributed by atoms with Crippen LogP contribution in [0.1, 0.15) is 62.9 Å². The number of hydrogen-bond acceptors (Lipinski definition) is 2. The van der Waals surface area contributed by atoms with Gasteiger partial charge in [-0.05, 0) is 49.3 Å². The number of likely N-dealkylation sites (tertiary alicyclic amines) is 1. The number of rotatable bonds is 4. The second-order valence-corrected chi connectivity index (χ2v) is 9.57. The van der Waals surface area contributed by atoms with Crippen LogP contribution in [0.5, 0.6) is 0 Å². The van der Waals surface area contributed by atoms with E-state index in [2.05, 4.69) is 71.0 Å².